The first-order chi connectivity index (χ1) is 8.11. The van der Waals surface area contributed by atoms with Crippen LogP contribution >= 0.6 is 11.8 Å². The van der Waals surface area contributed by atoms with Crippen LogP contribution < -0.4 is 0 Å². The molecule has 0 aliphatic heterocycles. The fourth-order valence-electron chi connectivity index (χ4n) is 1.40. The maximum atomic E-state index is 10.7. The van der Waals surface area contributed by atoms with Gasteiger partial charge in [0.2, 0.25) is 5.69 Å². The summed E-state index contributed by atoms with van der Waals surface area (Å²) in [5.41, 5.74) is 0.360. The third-order valence-corrected chi connectivity index (χ3v) is 2.94. The smallest absolute Gasteiger partial charge is 0.360 e. The van der Waals surface area contributed by atoms with E-state index in [1.165, 1.54) is 10.9 Å². The Bertz CT molecular complexity index is 566. The van der Waals surface area contributed by atoms with Gasteiger partial charge in [-0.2, -0.15) is 5.10 Å². The molecule has 0 saturated carbocycles. The highest BCUT2D eigenvalue weighted by Gasteiger charge is 2.15. The van der Waals surface area contributed by atoms with Gasteiger partial charge in [-0.3, -0.25) is 0 Å². The van der Waals surface area contributed by atoms with Crippen molar-refractivity contribution >= 4 is 17.7 Å². The van der Waals surface area contributed by atoms with Gasteiger partial charge in [-0.25, -0.2) is 9.48 Å². The summed E-state index contributed by atoms with van der Waals surface area (Å²) >= 11 is 1.58. The number of carbonyl (C=O) groups is 1. The van der Waals surface area contributed by atoms with Crippen LogP contribution in [-0.4, -0.2) is 32.2 Å². The molecular formula is C11H10N2O3S. The third kappa shape index (κ3) is 2.26. The van der Waals surface area contributed by atoms with Gasteiger partial charge < -0.3 is 10.2 Å². The van der Waals surface area contributed by atoms with E-state index in [9.17, 15) is 9.90 Å². The summed E-state index contributed by atoms with van der Waals surface area (Å²) < 4.78 is 1.35. The van der Waals surface area contributed by atoms with E-state index in [1.807, 2.05) is 24.5 Å². The number of benzene rings is 1. The average Bonchev–Trinajstić information content (AvgIpc) is 2.71. The van der Waals surface area contributed by atoms with Crippen LogP contribution in [0.1, 0.15) is 10.5 Å². The molecule has 0 atom stereocenters. The van der Waals surface area contributed by atoms with Crippen LogP contribution in [0, 0.1) is 0 Å². The Balaban J connectivity index is 2.46. The first kappa shape index (κ1) is 11.5. The van der Waals surface area contributed by atoms with Gasteiger partial charge in [-0.15, -0.1) is 11.8 Å². The van der Waals surface area contributed by atoms with E-state index in [4.69, 9.17) is 5.11 Å². The maximum absolute atomic E-state index is 10.7. The molecule has 0 bridgehead atoms. The molecule has 2 aromatic rings. The Morgan fingerprint density at radius 2 is 2.24 bits per heavy atom. The number of aromatic nitrogens is 2. The van der Waals surface area contributed by atoms with E-state index in [-0.39, 0.29) is 11.4 Å². The van der Waals surface area contributed by atoms with Crippen LogP contribution in [0.5, 0.6) is 5.75 Å². The summed E-state index contributed by atoms with van der Waals surface area (Å²) in [6.07, 6.45) is 3.23. The molecule has 2 N–H and O–H groups in total. The zero-order chi connectivity index (χ0) is 12.4. The first-order valence-corrected chi connectivity index (χ1v) is 6.00. The van der Waals surface area contributed by atoms with Gasteiger partial charge in [0.05, 0.1) is 11.9 Å². The molecule has 88 valence electrons. The lowest BCUT2D eigenvalue weighted by Crippen LogP contribution is -2.01. The minimum absolute atomic E-state index is 0.341. The van der Waals surface area contributed by atoms with Crippen LogP contribution in [0.25, 0.3) is 5.69 Å². The van der Waals surface area contributed by atoms with Crippen LogP contribution in [0.4, 0.5) is 0 Å². The van der Waals surface area contributed by atoms with E-state index in [0.717, 1.165) is 4.90 Å². The van der Waals surface area contributed by atoms with Crippen molar-refractivity contribution in [2.75, 3.05) is 6.26 Å². The summed E-state index contributed by atoms with van der Waals surface area (Å²) in [4.78, 5) is 11.8. The Hall–Kier alpha value is -1.95. The Morgan fingerprint density at radius 1 is 1.47 bits per heavy atom. The van der Waals surface area contributed by atoms with E-state index in [2.05, 4.69) is 5.10 Å². The maximum Gasteiger partial charge on any atom is 0.360 e. The SMILES string of the molecule is CSc1cccc(-n2cc(O)c(C(=O)O)n2)c1. The molecule has 5 nitrogen and oxygen atoms in total. The average molecular weight is 250 g/mol. The summed E-state index contributed by atoms with van der Waals surface area (Å²) in [6, 6.07) is 7.44. The topological polar surface area (TPSA) is 75.4 Å². The van der Waals surface area contributed by atoms with Crippen molar-refractivity contribution in [3.8, 4) is 11.4 Å². The highest BCUT2D eigenvalue weighted by atomic mass is 32.2. The predicted octanol–water partition coefficient (Wildman–Crippen LogP) is 2.00. The zero-order valence-corrected chi connectivity index (χ0v) is 9.81. The minimum atomic E-state index is -1.25. The summed E-state index contributed by atoms with van der Waals surface area (Å²) in [5, 5.41) is 22.0. The molecule has 17 heavy (non-hydrogen) atoms. The Labute approximate surface area is 102 Å². The summed E-state index contributed by atoms with van der Waals surface area (Å²) in [5.74, 6) is -1.59. The second-order valence-electron chi connectivity index (χ2n) is 3.31. The number of rotatable bonds is 3. The molecule has 2 rings (SSSR count). The molecule has 1 aromatic carbocycles. The third-order valence-electron chi connectivity index (χ3n) is 2.22. The predicted molar refractivity (Wildman–Crippen MR) is 64.0 cm³/mol. The lowest BCUT2D eigenvalue weighted by molar-refractivity contribution is 0.0687. The largest absolute Gasteiger partial charge is 0.504 e. The van der Waals surface area contributed by atoms with E-state index in [1.54, 1.807) is 17.8 Å². The molecule has 0 spiro atoms. The van der Waals surface area contributed by atoms with Gasteiger partial charge in [0.25, 0.3) is 0 Å². The normalized spacial score (nSPS) is 10.4. The van der Waals surface area contributed by atoms with Gasteiger partial charge in [0.15, 0.2) is 5.75 Å². The highest BCUT2D eigenvalue weighted by molar-refractivity contribution is 7.98. The van der Waals surface area contributed by atoms with E-state index in [0.29, 0.717) is 5.69 Å². The van der Waals surface area contributed by atoms with Gasteiger partial charge in [-0.1, -0.05) is 6.07 Å². The fourth-order valence-corrected chi connectivity index (χ4v) is 1.86. The number of hydrogen-bond donors (Lipinski definition) is 2. The lowest BCUT2D eigenvalue weighted by Gasteiger charge is -2.02. The number of nitrogens with zero attached hydrogens (tertiary/aromatic N) is 2. The van der Waals surface area contributed by atoms with Crippen LogP contribution in [-0.2, 0) is 0 Å². The van der Waals surface area contributed by atoms with Gasteiger partial charge in [0, 0.05) is 4.90 Å². The Morgan fingerprint density at radius 3 is 2.82 bits per heavy atom. The van der Waals surface area contributed by atoms with Crippen molar-refractivity contribution in [3.63, 3.8) is 0 Å². The number of aromatic carboxylic acids is 1. The second-order valence-corrected chi connectivity index (χ2v) is 4.19. The minimum Gasteiger partial charge on any atom is -0.504 e. The molecular weight excluding hydrogens is 240 g/mol. The van der Waals surface area contributed by atoms with Gasteiger partial charge >= 0.3 is 5.97 Å². The van der Waals surface area contributed by atoms with E-state index < -0.39 is 5.97 Å². The van der Waals surface area contributed by atoms with Gasteiger partial charge in [0.1, 0.15) is 0 Å². The molecule has 0 aliphatic rings. The molecule has 6 heteroatoms. The number of carboxylic acid groups (broad SMARTS) is 1. The molecule has 0 amide bonds. The van der Waals surface area contributed by atoms with E-state index >= 15 is 0 Å². The van der Waals surface area contributed by atoms with Crippen molar-refractivity contribution in [2.24, 2.45) is 0 Å². The molecule has 0 unspecified atom stereocenters. The number of hydrogen-bond acceptors (Lipinski definition) is 4. The fraction of sp³-hybridized carbons (Fsp3) is 0.0909. The summed E-state index contributed by atoms with van der Waals surface area (Å²) in [6.45, 7) is 0. The molecule has 0 radical (unpaired) electrons. The first-order valence-electron chi connectivity index (χ1n) is 4.78. The monoisotopic (exact) mass is 250 g/mol. The summed E-state index contributed by atoms with van der Waals surface area (Å²) in [7, 11) is 0. The van der Waals surface area contributed by atoms with Crippen molar-refractivity contribution in [2.45, 2.75) is 4.90 Å². The van der Waals surface area contributed by atoms with Crippen molar-refractivity contribution < 1.29 is 15.0 Å². The number of aromatic hydroxyl groups is 1. The van der Waals surface area contributed by atoms with Crippen LogP contribution in [0.15, 0.2) is 35.4 Å². The van der Waals surface area contributed by atoms with Crippen LogP contribution in [0.3, 0.4) is 0 Å². The number of thioether (sulfide) groups is 1. The van der Waals surface area contributed by atoms with Crippen molar-refractivity contribution in [1.29, 1.82) is 0 Å². The van der Waals surface area contributed by atoms with Crippen molar-refractivity contribution in [3.05, 3.63) is 36.2 Å². The standard InChI is InChI=1S/C11H10N2O3S/c1-17-8-4-2-3-7(5-8)13-6-9(14)10(12-13)11(15)16/h2-6,14H,1H3,(H,15,16). The quantitative estimate of drug-likeness (QED) is 0.815. The highest BCUT2D eigenvalue weighted by Crippen LogP contribution is 2.21. The molecule has 1 heterocycles. The second kappa shape index (κ2) is 4.50. The molecule has 1 aromatic heterocycles. The van der Waals surface area contributed by atoms with Crippen LogP contribution in [0.2, 0.25) is 0 Å². The van der Waals surface area contributed by atoms with Crippen molar-refractivity contribution in [1.82, 2.24) is 9.78 Å². The lowest BCUT2D eigenvalue weighted by atomic mass is 10.3. The Kier molecular flexibility index (Phi) is 3.06. The molecule has 0 fully saturated rings. The molecule has 0 aliphatic carbocycles. The molecule has 0 saturated heterocycles. The van der Waals surface area contributed by atoms with Gasteiger partial charge in [-0.05, 0) is 24.5 Å². The number of carboxylic acids is 1. The zero-order valence-electron chi connectivity index (χ0n) is 8.99.